The molecule has 1 aromatic rings. The first-order chi connectivity index (χ1) is 9.65. The maximum Gasteiger partial charge on any atom is 0.250 e. The van der Waals surface area contributed by atoms with Crippen LogP contribution in [-0.4, -0.2) is 44.9 Å². The summed E-state index contributed by atoms with van der Waals surface area (Å²) in [7, 11) is 0. The first kappa shape index (κ1) is 14.8. The minimum Gasteiger partial charge on any atom is -0.492 e. The molecule has 1 aromatic carbocycles. The molecule has 2 N–H and O–H groups in total. The van der Waals surface area contributed by atoms with Crippen LogP contribution in [0.1, 0.15) is 11.1 Å². The normalized spacial score (nSPS) is 18.6. The number of nitrogens with one attached hydrogen (secondary N) is 2. The molecule has 0 spiro atoms. The summed E-state index contributed by atoms with van der Waals surface area (Å²) >= 11 is 0. The van der Waals surface area contributed by atoms with Crippen molar-refractivity contribution in [1.29, 1.82) is 0 Å². The van der Waals surface area contributed by atoms with Crippen LogP contribution in [-0.2, 0) is 9.53 Å². The summed E-state index contributed by atoms with van der Waals surface area (Å²) in [6.07, 6.45) is -0.384. The lowest BCUT2D eigenvalue weighted by atomic mass is 10.1. The van der Waals surface area contributed by atoms with Gasteiger partial charge in [0, 0.05) is 13.1 Å². The fourth-order valence-electron chi connectivity index (χ4n) is 2.21. The van der Waals surface area contributed by atoms with Gasteiger partial charge in [-0.2, -0.15) is 0 Å². The van der Waals surface area contributed by atoms with Gasteiger partial charge < -0.3 is 20.1 Å². The molecule has 0 radical (unpaired) electrons. The zero-order valence-electron chi connectivity index (χ0n) is 12.1. The first-order valence-corrected chi connectivity index (χ1v) is 6.96. The molecular weight excluding hydrogens is 256 g/mol. The standard InChI is InChI=1S/C15H22N2O3/c1-11-7-12(2)9-13(8-11)19-6-4-17-15(18)14-10-16-3-5-20-14/h7-9,14,16H,3-6,10H2,1-2H3,(H,17,18). The molecule has 0 saturated carbocycles. The van der Waals surface area contributed by atoms with Gasteiger partial charge >= 0.3 is 0 Å². The Bertz CT molecular complexity index is 436. The highest BCUT2D eigenvalue weighted by Crippen LogP contribution is 2.15. The number of aryl methyl sites for hydroxylation is 2. The van der Waals surface area contributed by atoms with E-state index >= 15 is 0 Å². The zero-order chi connectivity index (χ0) is 14.4. The lowest BCUT2D eigenvalue weighted by molar-refractivity contribution is -0.134. The number of carbonyl (C=O) groups is 1. The number of carbonyl (C=O) groups excluding carboxylic acids is 1. The van der Waals surface area contributed by atoms with Gasteiger partial charge in [0.25, 0.3) is 5.91 Å². The fourth-order valence-corrected chi connectivity index (χ4v) is 2.21. The maximum absolute atomic E-state index is 11.8. The number of amides is 1. The first-order valence-electron chi connectivity index (χ1n) is 6.96. The molecule has 1 aliphatic heterocycles. The third-order valence-electron chi connectivity index (χ3n) is 3.09. The summed E-state index contributed by atoms with van der Waals surface area (Å²) in [5.41, 5.74) is 2.34. The van der Waals surface area contributed by atoms with Gasteiger partial charge in [-0.1, -0.05) is 6.07 Å². The predicted molar refractivity (Wildman–Crippen MR) is 77.0 cm³/mol. The Balaban J connectivity index is 1.69. The number of hydrogen-bond acceptors (Lipinski definition) is 4. The van der Waals surface area contributed by atoms with Crippen LogP contribution >= 0.6 is 0 Å². The molecule has 5 nitrogen and oxygen atoms in total. The monoisotopic (exact) mass is 278 g/mol. The number of benzene rings is 1. The molecule has 2 rings (SSSR count). The molecule has 0 aliphatic carbocycles. The molecule has 1 atom stereocenters. The summed E-state index contributed by atoms with van der Waals surface area (Å²) in [5.74, 6) is 0.758. The van der Waals surface area contributed by atoms with Gasteiger partial charge in [0.05, 0.1) is 13.2 Å². The van der Waals surface area contributed by atoms with Crippen LogP contribution in [0.3, 0.4) is 0 Å². The molecule has 1 unspecified atom stereocenters. The Morgan fingerprint density at radius 2 is 2.15 bits per heavy atom. The van der Waals surface area contributed by atoms with Gasteiger partial charge in [0.1, 0.15) is 18.5 Å². The average Bonchev–Trinajstić information content (AvgIpc) is 2.43. The van der Waals surface area contributed by atoms with Gasteiger partial charge in [-0.05, 0) is 37.1 Å². The van der Waals surface area contributed by atoms with E-state index in [0.717, 1.165) is 12.3 Å². The van der Waals surface area contributed by atoms with Crippen molar-refractivity contribution in [3.05, 3.63) is 29.3 Å². The molecule has 1 aliphatic rings. The smallest absolute Gasteiger partial charge is 0.250 e. The largest absolute Gasteiger partial charge is 0.492 e. The Kier molecular flexibility index (Phi) is 5.38. The summed E-state index contributed by atoms with van der Waals surface area (Å²) in [6.45, 7) is 6.96. The number of rotatable bonds is 5. The van der Waals surface area contributed by atoms with Crippen molar-refractivity contribution in [2.24, 2.45) is 0 Å². The highest BCUT2D eigenvalue weighted by Gasteiger charge is 2.20. The molecule has 1 saturated heterocycles. The quantitative estimate of drug-likeness (QED) is 0.782. The molecule has 1 heterocycles. The number of ether oxygens (including phenoxy) is 2. The van der Waals surface area contributed by atoms with Gasteiger partial charge in [-0.25, -0.2) is 0 Å². The van der Waals surface area contributed by atoms with Gasteiger partial charge in [-0.3, -0.25) is 4.79 Å². The van der Waals surface area contributed by atoms with Crippen molar-refractivity contribution in [2.45, 2.75) is 20.0 Å². The Morgan fingerprint density at radius 3 is 2.80 bits per heavy atom. The van der Waals surface area contributed by atoms with Crippen molar-refractivity contribution in [2.75, 3.05) is 32.8 Å². The van der Waals surface area contributed by atoms with E-state index in [1.807, 2.05) is 26.0 Å². The Labute approximate surface area is 119 Å². The van der Waals surface area contributed by atoms with Crippen molar-refractivity contribution < 1.29 is 14.3 Å². The predicted octanol–water partition coefficient (Wildman–Crippen LogP) is 0.787. The second-order valence-corrected chi connectivity index (χ2v) is 5.03. The van der Waals surface area contributed by atoms with E-state index < -0.39 is 0 Å². The topological polar surface area (TPSA) is 59.6 Å². The van der Waals surface area contributed by atoms with Gasteiger partial charge in [0.2, 0.25) is 0 Å². The minimum atomic E-state index is -0.384. The molecule has 110 valence electrons. The molecule has 1 amide bonds. The zero-order valence-corrected chi connectivity index (χ0v) is 12.1. The second-order valence-electron chi connectivity index (χ2n) is 5.03. The number of hydrogen-bond donors (Lipinski definition) is 2. The highest BCUT2D eigenvalue weighted by molar-refractivity contribution is 5.81. The van der Waals surface area contributed by atoms with E-state index in [0.29, 0.717) is 26.3 Å². The summed E-state index contributed by atoms with van der Waals surface area (Å²) in [4.78, 5) is 11.8. The average molecular weight is 278 g/mol. The van der Waals surface area contributed by atoms with E-state index in [-0.39, 0.29) is 12.0 Å². The Morgan fingerprint density at radius 1 is 1.40 bits per heavy atom. The van der Waals surface area contributed by atoms with E-state index in [2.05, 4.69) is 16.7 Å². The van der Waals surface area contributed by atoms with Crippen LogP contribution in [0.5, 0.6) is 5.75 Å². The van der Waals surface area contributed by atoms with Crippen LogP contribution in [0.4, 0.5) is 0 Å². The fraction of sp³-hybridized carbons (Fsp3) is 0.533. The molecule has 5 heteroatoms. The lowest BCUT2D eigenvalue weighted by Gasteiger charge is -2.22. The molecule has 20 heavy (non-hydrogen) atoms. The lowest BCUT2D eigenvalue weighted by Crippen LogP contribution is -2.48. The van der Waals surface area contributed by atoms with Crippen LogP contribution in [0.2, 0.25) is 0 Å². The van der Waals surface area contributed by atoms with E-state index in [9.17, 15) is 4.79 Å². The number of morpholine rings is 1. The summed E-state index contributed by atoms with van der Waals surface area (Å²) in [6, 6.07) is 6.08. The third-order valence-corrected chi connectivity index (χ3v) is 3.09. The molecule has 0 bridgehead atoms. The van der Waals surface area contributed by atoms with E-state index in [1.54, 1.807) is 0 Å². The maximum atomic E-state index is 11.8. The van der Waals surface area contributed by atoms with Crippen LogP contribution in [0.25, 0.3) is 0 Å². The van der Waals surface area contributed by atoms with Gasteiger partial charge in [0.15, 0.2) is 0 Å². The van der Waals surface area contributed by atoms with Gasteiger partial charge in [-0.15, -0.1) is 0 Å². The molecule has 0 aromatic heterocycles. The molecule has 1 fully saturated rings. The second kappa shape index (κ2) is 7.26. The van der Waals surface area contributed by atoms with Crippen molar-refractivity contribution >= 4 is 5.91 Å². The molecular formula is C15H22N2O3. The minimum absolute atomic E-state index is 0.0822. The summed E-state index contributed by atoms with van der Waals surface area (Å²) in [5, 5.41) is 5.95. The summed E-state index contributed by atoms with van der Waals surface area (Å²) < 4.78 is 11.0. The van der Waals surface area contributed by atoms with E-state index in [1.165, 1.54) is 11.1 Å². The van der Waals surface area contributed by atoms with Crippen molar-refractivity contribution in [3.8, 4) is 5.75 Å². The highest BCUT2D eigenvalue weighted by atomic mass is 16.5. The van der Waals surface area contributed by atoms with Crippen LogP contribution in [0.15, 0.2) is 18.2 Å². The van der Waals surface area contributed by atoms with E-state index in [4.69, 9.17) is 9.47 Å². The SMILES string of the molecule is Cc1cc(C)cc(OCCNC(=O)C2CNCCO2)c1. The van der Waals surface area contributed by atoms with Crippen LogP contribution < -0.4 is 15.4 Å². The third kappa shape index (κ3) is 4.51. The van der Waals surface area contributed by atoms with Crippen LogP contribution in [0, 0.1) is 13.8 Å². The van der Waals surface area contributed by atoms with Crippen molar-refractivity contribution in [1.82, 2.24) is 10.6 Å². The Hall–Kier alpha value is -1.59. The van der Waals surface area contributed by atoms with Crippen molar-refractivity contribution in [3.63, 3.8) is 0 Å².